The van der Waals surface area contributed by atoms with E-state index in [0.717, 1.165) is 12.8 Å². The summed E-state index contributed by atoms with van der Waals surface area (Å²) in [4.78, 5) is 15.1. The van der Waals surface area contributed by atoms with Gasteiger partial charge < -0.3 is 9.84 Å². The van der Waals surface area contributed by atoms with Crippen LogP contribution in [0.1, 0.15) is 19.3 Å². The Bertz CT molecular complexity index is 359. The Labute approximate surface area is 93.2 Å². The number of esters is 1. The smallest absolute Gasteiger partial charge is 0.335 e. The van der Waals surface area contributed by atoms with Crippen molar-refractivity contribution < 1.29 is 14.6 Å². The number of aliphatic hydroxyl groups is 1. The van der Waals surface area contributed by atoms with Gasteiger partial charge in [0.05, 0.1) is 7.11 Å². The molecule has 0 saturated heterocycles. The fourth-order valence-corrected chi connectivity index (χ4v) is 1.87. The minimum Gasteiger partial charge on any atom is -0.467 e. The summed E-state index contributed by atoms with van der Waals surface area (Å²) in [5.41, 5.74) is -0.307. The molecule has 6 nitrogen and oxygen atoms in total. The van der Waals surface area contributed by atoms with Gasteiger partial charge in [-0.05, 0) is 19.3 Å². The number of carbonyl (C=O) groups is 1. The SMILES string of the molecule is COC(=O)C(O)C1(CCn2cncn2)CC1. The molecule has 0 amide bonds. The second kappa shape index (κ2) is 4.21. The van der Waals surface area contributed by atoms with Gasteiger partial charge in [0.1, 0.15) is 12.7 Å². The molecule has 1 unspecified atom stereocenters. The molecule has 0 bridgehead atoms. The Kier molecular flexibility index (Phi) is 2.91. The lowest BCUT2D eigenvalue weighted by Crippen LogP contribution is -2.32. The van der Waals surface area contributed by atoms with Crippen LogP contribution in [0.3, 0.4) is 0 Å². The minimum absolute atomic E-state index is 0.307. The van der Waals surface area contributed by atoms with Gasteiger partial charge in [0.2, 0.25) is 0 Å². The van der Waals surface area contributed by atoms with Gasteiger partial charge in [-0.2, -0.15) is 5.10 Å². The van der Waals surface area contributed by atoms with Crippen LogP contribution in [0.5, 0.6) is 0 Å². The third-order valence-corrected chi connectivity index (χ3v) is 3.20. The van der Waals surface area contributed by atoms with Crippen molar-refractivity contribution in [3.63, 3.8) is 0 Å². The molecule has 2 rings (SSSR count). The Hall–Kier alpha value is -1.43. The molecule has 1 heterocycles. The van der Waals surface area contributed by atoms with E-state index in [2.05, 4.69) is 14.8 Å². The van der Waals surface area contributed by atoms with E-state index >= 15 is 0 Å². The summed E-state index contributed by atoms with van der Waals surface area (Å²) in [6, 6.07) is 0. The number of methoxy groups -OCH3 is 1. The molecule has 0 aromatic carbocycles. The molecule has 1 aliphatic carbocycles. The van der Waals surface area contributed by atoms with E-state index in [4.69, 9.17) is 0 Å². The normalized spacial score (nSPS) is 19.1. The zero-order valence-corrected chi connectivity index (χ0v) is 9.17. The maximum Gasteiger partial charge on any atom is 0.335 e. The van der Waals surface area contributed by atoms with E-state index < -0.39 is 12.1 Å². The molecule has 1 saturated carbocycles. The molecule has 1 aromatic rings. The van der Waals surface area contributed by atoms with Gasteiger partial charge in [-0.25, -0.2) is 9.78 Å². The summed E-state index contributed by atoms with van der Waals surface area (Å²) in [7, 11) is 1.29. The van der Waals surface area contributed by atoms with Crippen LogP contribution in [0.25, 0.3) is 0 Å². The van der Waals surface area contributed by atoms with Gasteiger partial charge in [0.25, 0.3) is 0 Å². The molecule has 1 N–H and O–H groups in total. The van der Waals surface area contributed by atoms with Crippen molar-refractivity contribution in [1.29, 1.82) is 0 Å². The van der Waals surface area contributed by atoms with Crippen LogP contribution < -0.4 is 0 Å². The lowest BCUT2D eigenvalue weighted by molar-refractivity contribution is -0.154. The Morgan fingerprint density at radius 3 is 2.94 bits per heavy atom. The van der Waals surface area contributed by atoms with Gasteiger partial charge in [-0.15, -0.1) is 0 Å². The van der Waals surface area contributed by atoms with Crippen LogP contribution in [-0.2, 0) is 16.1 Å². The summed E-state index contributed by atoms with van der Waals surface area (Å²) in [5, 5.41) is 13.8. The van der Waals surface area contributed by atoms with Gasteiger partial charge in [0, 0.05) is 12.0 Å². The number of aryl methyl sites for hydroxylation is 1. The third kappa shape index (κ3) is 2.06. The van der Waals surface area contributed by atoms with Gasteiger partial charge in [0.15, 0.2) is 6.10 Å². The van der Waals surface area contributed by atoms with Gasteiger partial charge in [-0.3, -0.25) is 4.68 Å². The molecule has 1 aliphatic rings. The minimum atomic E-state index is -1.01. The molecule has 6 heteroatoms. The van der Waals surface area contributed by atoms with Crippen LogP contribution in [0.4, 0.5) is 0 Å². The maximum atomic E-state index is 11.3. The standard InChI is InChI=1S/C10H15N3O3/c1-16-9(15)8(14)10(2-3-10)4-5-13-7-11-6-12-13/h6-8,14H,2-5H2,1H3. The van der Waals surface area contributed by atoms with E-state index in [0.29, 0.717) is 13.0 Å². The van der Waals surface area contributed by atoms with Crippen LogP contribution in [-0.4, -0.2) is 39.1 Å². The van der Waals surface area contributed by atoms with Crippen LogP contribution >= 0.6 is 0 Å². The third-order valence-electron chi connectivity index (χ3n) is 3.20. The molecule has 0 radical (unpaired) electrons. The fraction of sp³-hybridized carbons (Fsp3) is 0.700. The topological polar surface area (TPSA) is 77.2 Å². The van der Waals surface area contributed by atoms with Crippen molar-refractivity contribution in [3.05, 3.63) is 12.7 Å². The molecule has 1 atom stereocenters. The Balaban J connectivity index is 1.91. The van der Waals surface area contributed by atoms with Crippen molar-refractivity contribution in [1.82, 2.24) is 14.8 Å². The second-order valence-corrected chi connectivity index (χ2v) is 4.20. The number of nitrogens with zero attached hydrogens (tertiary/aromatic N) is 3. The quantitative estimate of drug-likeness (QED) is 0.713. The molecule has 0 aliphatic heterocycles. The summed E-state index contributed by atoms with van der Waals surface area (Å²) >= 11 is 0. The number of aromatic nitrogens is 3. The molecule has 88 valence electrons. The summed E-state index contributed by atoms with van der Waals surface area (Å²) in [6.07, 6.45) is 4.51. The number of aliphatic hydroxyl groups excluding tert-OH is 1. The summed E-state index contributed by atoms with van der Waals surface area (Å²) in [5.74, 6) is -0.545. The molecule has 1 aromatic heterocycles. The van der Waals surface area contributed by atoms with E-state index in [1.165, 1.54) is 13.4 Å². The maximum absolute atomic E-state index is 11.3. The van der Waals surface area contributed by atoms with Crippen LogP contribution in [0.2, 0.25) is 0 Å². The van der Waals surface area contributed by atoms with Gasteiger partial charge in [-0.1, -0.05) is 0 Å². The largest absolute Gasteiger partial charge is 0.467 e. The first-order valence-electron chi connectivity index (χ1n) is 5.26. The van der Waals surface area contributed by atoms with E-state index in [-0.39, 0.29) is 5.41 Å². The van der Waals surface area contributed by atoms with Crippen LogP contribution in [0.15, 0.2) is 12.7 Å². The number of hydrogen-bond acceptors (Lipinski definition) is 5. The number of hydrogen-bond donors (Lipinski definition) is 1. The van der Waals surface area contributed by atoms with Crippen molar-refractivity contribution in [2.24, 2.45) is 5.41 Å². The van der Waals surface area contributed by atoms with Gasteiger partial charge >= 0.3 is 5.97 Å². The average Bonchev–Trinajstić information content (AvgIpc) is 2.92. The average molecular weight is 225 g/mol. The predicted octanol–water partition coefficient (Wildman–Crippen LogP) is -0.0177. The molecular formula is C10H15N3O3. The monoisotopic (exact) mass is 225 g/mol. The number of rotatable bonds is 5. The highest BCUT2D eigenvalue weighted by molar-refractivity contribution is 5.75. The predicted molar refractivity (Wildman–Crippen MR) is 54.3 cm³/mol. The molecule has 0 spiro atoms. The first-order chi connectivity index (χ1) is 7.68. The number of carbonyl (C=O) groups excluding carboxylic acids is 1. The van der Waals surface area contributed by atoms with Crippen molar-refractivity contribution in [3.8, 4) is 0 Å². The highest BCUT2D eigenvalue weighted by Crippen LogP contribution is 2.52. The lowest BCUT2D eigenvalue weighted by atomic mass is 9.95. The van der Waals surface area contributed by atoms with Crippen molar-refractivity contribution in [2.75, 3.05) is 7.11 Å². The van der Waals surface area contributed by atoms with E-state index in [1.807, 2.05) is 0 Å². The summed E-state index contributed by atoms with van der Waals surface area (Å²) < 4.78 is 6.25. The molecular weight excluding hydrogens is 210 g/mol. The highest BCUT2D eigenvalue weighted by atomic mass is 16.5. The van der Waals surface area contributed by atoms with E-state index in [1.54, 1.807) is 11.0 Å². The number of ether oxygens (including phenoxy) is 1. The van der Waals surface area contributed by atoms with Crippen LogP contribution in [0, 0.1) is 5.41 Å². The fourth-order valence-electron chi connectivity index (χ4n) is 1.87. The zero-order valence-electron chi connectivity index (χ0n) is 9.17. The van der Waals surface area contributed by atoms with E-state index in [9.17, 15) is 9.90 Å². The lowest BCUT2D eigenvalue weighted by Gasteiger charge is -2.19. The first-order valence-corrected chi connectivity index (χ1v) is 5.26. The molecule has 1 fully saturated rings. The Morgan fingerprint density at radius 1 is 1.69 bits per heavy atom. The highest BCUT2D eigenvalue weighted by Gasteiger charge is 2.52. The first kappa shape index (κ1) is 11.1. The molecule has 16 heavy (non-hydrogen) atoms. The van der Waals surface area contributed by atoms with Crippen molar-refractivity contribution in [2.45, 2.75) is 31.9 Å². The summed E-state index contributed by atoms with van der Waals surface area (Å²) in [6.45, 7) is 0.661. The Morgan fingerprint density at radius 2 is 2.44 bits per heavy atom. The zero-order chi connectivity index (χ0) is 11.6. The second-order valence-electron chi connectivity index (χ2n) is 4.20. The van der Waals surface area contributed by atoms with Crippen molar-refractivity contribution >= 4 is 5.97 Å².